The minimum absolute atomic E-state index is 0.133. The predicted octanol–water partition coefficient (Wildman–Crippen LogP) is 6.80. The van der Waals surface area contributed by atoms with Gasteiger partial charge in [0, 0.05) is 34.6 Å². The second-order valence-electron chi connectivity index (χ2n) is 7.30. The molecule has 0 radical (unpaired) electrons. The summed E-state index contributed by atoms with van der Waals surface area (Å²) in [4.78, 5) is 19.9. The van der Waals surface area contributed by atoms with E-state index < -0.39 is 17.6 Å². The Morgan fingerprint density at radius 1 is 1.03 bits per heavy atom. The number of nitrogens with zero attached hydrogens (tertiary/aromatic N) is 2. The lowest BCUT2D eigenvalue weighted by molar-refractivity contribution is -0.137. The van der Waals surface area contributed by atoms with Crippen LogP contribution in [0.1, 0.15) is 18.1 Å². The lowest BCUT2D eigenvalue weighted by atomic mass is 10.0. The number of halogens is 4. The first-order valence-corrected chi connectivity index (χ1v) is 9.89. The van der Waals surface area contributed by atoms with Crippen LogP contribution in [0.5, 0.6) is 0 Å². The molecule has 1 N–H and O–H groups in total. The maximum atomic E-state index is 14.3. The number of nitrogens with one attached hydrogen (secondary N) is 1. The summed E-state index contributed by atoms with van der Waals surface area (Å²) in [6, 6.07) is 12.5. The van der Waals surface area contributed by atoms with E-state index in [2.05, 4.69) is 15.3 Å². The van der Waals surface area contributed by atoms with Crippen molar-refractivity contribution in [1.29, 1.82) is 0 Å². The molecule has 0 spiro atoms. The van der Waals surface area contributed by atoms with E-state index in [9.17, 15) is 22.4 Å². The van der Waals surface area contributed by atoms with Gasteiger partial charge in [0.1, 0.15) is 11.5 Å². The van der Waals surface area contributed by atoms with Gasteiger partial charge in [-0.1, -0.05) is 12.1 Å². The van der Waals surface area contributed by atoms with Gasteiger partial charge in [-0.15, -0.1) is 0 Å². The summed E-state index contributed by atoms with van der Waals surface area (Å²) in [6.07, 6.45) is 1.34. The van der Waals surface area contributed by atoms with Crippen molar-refractivity contribution in [2.45, 2.75) is 13.1 Å². The second kappa shape index (κ2) is 8.82. The first-order chi connectivity index (χ1) is 15.7. The van der Waals surface area contributed by atoms with E-state index in [1.165, 1.54) is 55.7 Å². The second-order valence-corrected chi connectivity index (χ2v) is 7.30. The van der Waals surface area contributed by atoms with E-state index in [0.717, 1.165) is 12.1 Å². The third-order valence-corrected chi connectivity index (χ3v) is 4.89. The smallest absolute Gasteiger partial charge is 0.354 e. The summed E-state index contributed by atoms with van der Waals surface area (Å²) in [7, 11) is 0. The first kappa shape index (κ1) is 22.1. The maximum absolute atomic E-state index is 14.3. The number of allylic oxidation sites excluding steroid dienone is 1. The van der Waals surface area contributed by atoms with Crippen LogP contribution in [-0.2, 0) is 11.0 Å². The summed E-state index contributed by atoms with van der Waals surface area (Å²) in [5.41, 5.74) is 1.44. The zero-order valence-corrected chi connectivity index (χ0v) is 17.3. The number of rotatable bonds is 5. The van der Waals surface area contributed by atoms with Crippen molar-refractivity contribution in [2.24, 2.45) is 0 Å². The number of carbonyl (C=O) groups is 1. The first-order valence-electron chi connectivity index (χ1n) is 9.89. The Hall–Kier alpha value is -4.07. The number of pyridine rings is 2. The van der Waals surface area contributed by atoms with Gasteiger partial charge in [-0.25, -0.2) is 4.39 Å². The third kappa shape index (κ3) is 4.90. The van der Waals surface area contributed by atoms with Gasteiger partial charge < -0.3 is 5.32 Å². The number of benzene rings is 2. The van der Waals surface area contributed by atoms with E-state index in [4.69, 9.17) is 0 Å². The largest absolute Gasteiger partial charge is 0.416 e. The number of anilines is 2. The Balaban J connectivity index is 1.90. The highest BCUT2D eigenvalue weighted by atomic mass is 19.4. The van der Waals surface area contributed by atoms with Crippen LogP contribution in [0.15, 0.2) is 73.1 Å². The molecular weight excluding hydrogens is 434 g/mol. The topological polar surface area (TPSA) is 54.9 Å². The zero-order chi connectivity index (χ0) is 23.6. The molecule has 2 heterocycles. The Labute approximate surface area is 186 Å². The summed E-state index contributed by atoms with van der Waals surface area (Å²) >= 11 is 0. The average molecular weight is 451 g/mol. The van der Waals surface area contributed by atoms with Crippen LogP contribution in [0.2, 0.25) is 0 Å². The zero-order valence-electron chi connectivity index (χ0n) is 17.3. The minimum Gasteiger partial charge on any atom is -0.354 e. The molecule has 4 nitrogen and oxygen atoms in total. The lowest BCUT2D eigenvalue weighted by Gasteiger charge is -2.15. The Kier molecular flexibility index (Phi) is 5.91. The molecule has 4 aromatic rings. The molecule has 166 valence electrons. The molecule has 0 aliphatic rings. The van der Waals surface area contributed by atoms with Gasteiger partial charge in [-0.3, -0.25) is 14.8 Å². The summed E-state index contributed by atoms with van der Waals surface area (Å²) in [5.74, 6) is -0.714. The number of alkyl halides is 3. The van der Waals surface area contributed by atoms with Gasteiger partial charge in [0.2, 0.25) is 0 Å². The molecule has 2 aromatic carbocycles. The molecule has 0 unspecified atom stereocenters. The molecule has 0 bridgehead atoms. The van der Waals surface area contributed by atoms with Gasteiger partial charge >= 0.3 is 6.18 Å². The standard InChI is InChI=1S/C25H17F4N3O/c1-15(33)7-8-17-14-31-22-10-9-16(24-21(26)6-3-11-30-24)12-20(22)23(17)32-19-5-2-4-18(13-19)25(27,28)29/h2-14H,1H3,(H,31,32)/b8-7+. The van der Waals surface area contributed by atoms with Crippen molar-refractivity contribution in [2.75, 3.05) is 5.32 Å². The van der Waals surface area contributed by atoms with Crippen LogP contribution < -0.4 is 5.32 Å². The molecule has 0 amide bonds. The van der Waals surface area contributed by atoms with E-state index in [1.54, 1.807) is 18.2 Å². The molecular formula is C25H17F4N3O. The monoisotopic (exact) mass is 451 g/mol. The van der Waals surface area contributed by atoms with Crippen molar-refractivity contribution < 1.29 is 22.4 Å². The van der Waals surface area contributed by atoms with Crippen molar-refractivity contribution in [1.82, 2.24) is 9.97 Å². The van der Waals surface area contributed by atoms with Crippen molar-refractivity contribution >= 4 is 34.1 Å². The molecule has 0 atom stereocenters. The Bertz CT molecular complexity index is 1380. The molecule has 0 aliphatic carbocycles. The molecule has 4 rings (SSSR count). The average Bonchev–Trinajstić information content (AvgIpc) is 2.78. The third-order valence-electron chi connectivity index (χ3n) is 4.89. The SMILES string of the molecule is CC(=O)/C=C/c1cnc2ccc(-c3ncccc3F)cc2c1Nc1cccc(C(F)(F)F)c1. The van der Waals surface area contributed by atoms with E-state index in [0.29, 0.717) is 27.7 Å². The van der Waals surface area contributed by atoms with E-state index in [1.807, 2.05) is 0 Å². The highest BCUT2D eigenvalue weighted by Gasteiger charge is 2.30. The predicted molar refractivity (Wildman–Crippen MR) is 119 cm³/mol. The van der Waals surface area contributed by atoms with Gasteiger partial charge in [0.25, 0.3) is 0 Å². The molecule has 33 heavy (non-hydrogen) atoms. The summed E-state index contributed by atoms with van der Waals surface area (Å²) < 4.78 is 53.9. The number of fused-ring (bicyclic) bond motifs is 1. The van der Waals surface area contributed by atoms with Crippen LogP contribution in [0.3, 0.4) is 0 Å². The molecule has 0 saturated carbocycles. The van der Waals surface area contributed by atoms with E-state index in [-0.39, 0.29) is 17.2 Å². The maximum Gasteiger partial charge on any atom is 0.416 e. The highest BCUT2D eigenvalue weighted by Crippen LogP contribution is 2.35. The Morgan fingerprint density at radius 2 is 1.85 bits per heavy atom. The van der Waals surface area contributed by atoms with Crippen molar-refractivity contribution in [3.63, 3.8) is 0 Å². The fourth-order valence-corrected chi connectivity index (χ4v) is 3.34. The van der Waals surface area contributed by atoms with Gasteiger partial charge in [-0.05, 0) is 61.5 Å². The number of carbonyl (C=O) groups excluding carboxylic acids is 1. The number of hydrogen-bond acceptors (Lipinski definition) is 4. The summed E-state index contributed by atoms with van der Waals surface area (Å²) in [6.45, 7) is 1.38. The van der Waals surface area contributed by atoms with E-state index >= 15 is 0 Å². The van der Waals surface area contributed by atoms with Crippen LogP contribution in [0.25, 0.3) is 28.2 Å². The fourth-order valence-electron chi connectivity index (χ4n) is 3.34. The van der Waals surface area contributed by atoms with Crippen LogP contribution in [0.4, 0.5) is 28.9 Å². The minimum atomic E-state index is -4.50. The van der Waals surface area contributed by atoms with Crippen LogP contribution in [-0.4, -0.2) is 15.8 Å². The highest BCUT2D eigenvalue weighted by molar-refractivity contribution is 6.01. The quantitative estimate of drug-likeness (QED) is 0.268. The van der Waals surface area contributed by atoms with Crippen molar-refractivity contribution in [3.05, 3.63) is 90.0 Å². The van der Waals surface area contributed by atoms with Crippen molar-refractivity contribution in [3.8, 4) is 11.3 Å². The molecule has 8 heteroatoms. The fraction of sp³-hybridized carbons (Fsp3) is 0.0800. The van der Waals surface area contributed by atoms with Crippen LogP contribution in [0, 0.1) is 5.82 Å². The molecule has 0 aliphatic heterocycles. The van der Waals surface area contributed by atoms with Gasteiger partial charge in [0.05, 0.1) is 16.8 Å². The number of aromatic nitrogens is 2. The van der Waals surface area contributed by atoms with Crippen LogP contribution >= 0.6 is 0 Å². The molecule has 2 aromatic heterocycles. The number of ketones is 1. The summed E-state index contributed by atoms with van der Waals surface area (Å²) in [5, 5.41) is 3.56. The lowest BCUT2D eigenvalue weighted by Crippen LogP contribution is -2.05. The molecule has 0 saturated heterocycles. The van der Waals surface area contributed by atoms with Gasteiger partial charge in [0.15, 0.2) is 5.78 Å². The normalized spacial score (nSPS) is 11.8. The van der Waals surface area contributed by atoms with Gasteiger partial charge in [-0.2, -0.15) is 13.2 Å². The molecule has 0 fully saturated rings. The Morgan fingerprint density at radius 3 is 2.58 bits per heavy atom. The number of hydrogen-bond donors (Lipinski definition) is 1.